The van der Waals surface area contributed by atoms with Crippen LogP contribution in [0.1, 0.15) is 0 Å². The molecule has 1 aliphatic rings. The second-order valence-electron chi connectivity index (χ2n) is 4.48. The average Bonchev–Trinajstić information content (AvgIpc) is 2.77. The van der Waals surface area contributed by atoms with Gasteiger partial charge in [0.25, 0.3) is 0 Å². The lowest BCUT2D eigenvalue weighted by Crippen LogP contribution is -2.37. The Bertz CT molecular complexity index is 635. The van der Waals surface area contributed by atoms with Gasteiger partial charge in [0, 0.05) is 6.04 Å². The van der Waals surface area contributed by atoms with Crippen molar-refractivity contribution in [1.82, 2.24) is 0 Å². The van der Waals surface area contributed by atoms with E-state index in [-0.39, 0.29) is 28.1 Å². The lowest BCUT2D eigenvalue weighted by atomic mass is 10.0. The molecule has 1 amide bonds. The first kappa shape index (κ1) is 15.2. The molecule has 2 rings (SSSR count). The molecule has 110 valence electrons. The number of hydrogen-bond acceptors (Lipinski definition) is 5. The van der Waals surface area contributed by atoms with Crippen LogP contribution in [-0.2, 0) is 19.6 Å². The molecule has 1 heterocycles. The van der Waals surface area contributed by atoms with Gasteiger partial charge in [0.05, 0.1) is 34.7 Å². The summed E-state index contributed by atoms with van der Waals surface area (Å²) in [6.07, 6.45) is 0. The second-order valence-corrected chi connectivity index (χ2v) is 6.45. The molecular weight excluding hydrogens is 306 g/mol. The lowest BCUT2D eigenvalue weighted by Gasteiger charge is -2.14. The third-order valence-electron chi connectivity index (χ3n) is 2.99. The van der Waals surface area contributed by atoms with Crippen molar-refractivity contribution in [2.45, 2.75) is 10.9 Å². The van der Waals surface area contributed by atoms with Gasteiger partial charge in [0.2, 0.25) is 15.9 Å². The van der Waals surface area contributed by atoms with E-state index >= 15 is 0 Å². The van der Waals surface area contributed by atoms with Crippen LogP contribution in [0.4, 0.5) is 5.69 Å². The fraction of sp³-hybridized carbons (Fsp3) is 0.364. The van der Waals surface area contributed by atoms with Gasteiger partial charge in [-0.15, -0.1) is 0 Å². The van der Waals surface area contributed by atoms with Crippen molar-refractivity contribution in [3.8, 4) is 0 Å². The third-order valence-corrected chi connectivity index (χ3v) is 4.23. The van der Waals surface area contributed by atoms with Crippen LogP contribution in [0.2, 0.25) is 5.02 Å². The van der Waals surface area contributed by atoms with Crippen LogP contribution in [0.5, 0.6) is 0 Å². The predicted octanol–water partition coefficient (Wildman–Crippen LogP) is -0.100. The van der Waals surface area contributed by atoms with Gasteiger partial charge in [-0.3, -0.25) is 4.79 Å². The Labute approximate surface area is 121 Å². The van der Waals surface area contributed by atoms with Crippen LogP contribution in [-0.4, -0.2) is 33.6 Å². The minimum atomic E-state index is -3.87. The monoisotopic (exact) mass is 319 g/mol. The Morgan fingerprint density at radius 1 is 1.40 bits per heavy atom. The summed E-state index contributed by atoms with van der Waals surface area (Å²) in [5.74, 6) is -0.868. The van der Waals surface area contributed by atoms with Crippen LogP contribution >= 0.6 is 11.6 Å². The van der Waals surface area contributed by atoms with Gasteiger partial charge in [-0.25, -0.2) is 13.6 Å². The number of amides is 1. The number of sulfonamides is 1. The van der Waals surface area contributed by atoms with Crippen molar-refractivity contribution in [2.75, 3.05) is 18.5 Å². The van der Waals surface area contributed by atoms with Crippen molar-refractivity contribution >= 4 is 33.2 Å². The molecule has 0 bridgehead atoms. The van der Waals surface area contributed by atoms with Crippen molar-refractivity contribution < 1.29 is 17.9 Å². The Morgan fingerprint density at radius 2 is 2.10 bits per heavy atom. The maximum Gasteiger partial charge on any atom is 0.238 e. The summed E-state index contributed by atoms with van der Waals surface area (Å²) < 4.78 is 27.6. The number of carbonyl (C=O) groups is 1. The van der Waals surface area contributed by atoms with E-state index in [0.717, 1.165) is 0 Å². The van der Waals surface area contributed by atoms with Gasteiger partial charge >= 0.3 is 0 Å². The normalized spacial score (nSPS) is 22.8. The molecule has 1 aromatic rings. The number of benzene rings is 1. The Morgan fingerprint density at radius 3 is 2.65 bits per heavy atom. The zero-order valence-electron chi connectivity index (χ0n) is 10.4. The largest absolute Gasteiger partial charge is 0.379 e. The van der Waals surface area contributed by atoms with Gasteiger partial charge in [-0.2, -0.15) is 0 Å². The molecule has 0 aromatic heterocycles. The molecule has 5 N–H and O–H groups in total. The molecule has 9 heteroatoms. The standard InChI is InChI=1S/C11H14ClN3O4S/c12-8-2-1-6(20(14,17)18)3-10(8)15-11(16)7-4-19-5-9(7)13/h1-3,7,9H,4-5,13H2,(H,15,16)(H2,14,17,18). The highest BCUT2D eigenvalue weighted by molar-refractivity contribution is 7.89. The summed E-state index contributed by atoms with van der Waals surface area (Å²) in [5, 5.41) is 7.78. The molecule has 2 unspecified atom stereocenters. The predicted molar refractivity (Wildman–Crippen MR) is 73.7 cm³/mol. The molecular formula is C11H14ClN3O4S. The zero-order chi connectivity index (χ0) is 14.9. The first-order chi connectivity index (χ1) is 9.29. The average molecular weight is 320 g/mol. The molecule has 2 atom stereocenters. The summed E-state index contributed by atoms with van der Waals surface area (Å²) in [4.78, 5) is 11.9. The van der Waals surface area contributed by atoms with Gasteiger partial charge in [-0.05, 0) is 18.2 Å². The Hall–Kier alpha value is -1.19. The van der Waals surface area contributed by atoms with Crippen molar-refractivity contribution in [3.63, 3.8) is 0 Å². The van der Waals surface area contributed by atoms with Crippen molar-refractivity contribution in [3.05, 3.63) is 23.2 Å². The number of carbonyl (C=O) groups excluding carboxylic acids is 1. The molecule has 7 nitrogen and oxygen atoms in total. The topological polar surface area (TPSA) is 125 Å². The summed E-state index contributed by atoms with van der Waals surface area (Å²) >= 11 is 5.92. The minimum Gasteiger partial charge on any atom is -0.379 e. The number of primary sulfonamides is 1. The molecule has 0 aliphatic carbocycles. The fourth-order valence-electron chi connectivity index (χ4n) is 1.84. The number of rotatable bonds is 3. The quantitative estimate of drug-likeness (QED) is 0.717. The van der Waals surface area contributed by atoms with Gasteiger partial charge in [-0.1, -0.05) is 11.6 Å². The summed E-state index contributed by atoms with van der Waals surface area (Å²) in [5.41, 5.74) is 5.90. The number of nitrogens with two attached hydrogens (primary N) is 2. The first-order valence-corrected chi connectivity index (χ1v) is 7.68. The van der Waals surface area contributed by atoms with Crippen molar-refractivity contribution in [2.24, 2.45) is 16.8 Å². The van der Waals surface area contributed by atoms with E-state index in [1.54, 1.807) is 0 Å². The number of nitrogens with one attached hydrogen (secondary N) is 1. The number of ether oxygens (including phenoxy) is 1. The van der Waals surface area contributed by atoms with Crippen LogP contribution in [0, 0.1) is 5.92 Å². The molecule has 20 heavy (non-hydrogen) atoms. The molecule has 1 aliphatic heterocycles. The van der Waals surface area contributed by atoms with E-state index in [0.29, 0.717) is 6.61 Å². The Balaban J connectivity index is 2.22. The lowest BCUT2D eigenvalue weighted by molar-refractivity contribution is -0.120. The summed E-state index contributed by atoms with van der Waals surface area (Å²) in [6, 6.07) is 3.42. The Kier molecular flexibility index (Phi) is 4.31. The smallest absolute Gasteiger partial charge is 0.238 e. The van der Waals surface area contributed by atoms with Gasteiger partial charge in [0.1, 0.15) is 0 Å². The summed E-state index contributed by atoms with van der Waals surface area (Å²) in [6.45, 7) is 0.530. The molecule has 1 saturated heterocycles. The maximum atomic E-state index is 12.0. The van der Waals surface area contributed by atoms with Gasteiger partial charge < -0.3 is 15.8 Å². The van der Waals surface area contributed by atoms with E-state index in [2.05, 4.69) is 5.32 Å². The van der Waals surface area contributed by atoms with E-state index in [1.165, 1.54) is 18.2 Å². The van der Waals surface area contributed by atoms with E-state index in [9.17, 15) is 13.2 Å². The minimum absolute atomic E-state index is 0.135. The maximum absolute atomic E-state index is 12.0. The number of hydrogen-bond donors (Lipinski definition) is 3. The third kappa shape index (κ3) is 3.28. The zero-order valence-corrected chi connectivity index (χ0v) is 11.9. The van der Waals surface area contributed by atoms with Crippen molar-refractivity contribution in [1.29, 1.82) is 0 Å². The SMILES string of the molecule is NC1COCC1C(=O)Nc1cc(S(N)(=O)=O)ccc1Cl. The van der Waals surface area contributed by atoms with Crippen LogP contribution < -0.4 is 16.2 Å². The number of anilines is 1. The van der Waals surface area contributed by atoms with Crippen LogP contribution in [0.25, 0.3) is 0 Å². The fourth-order valence-corrected chi connectivity index (χ4v) is 2.55. The highest BCUT2D eigenvalue weighted by Crippen LogP contribution is 2.26. The van der Waals surface area contributed by atoms with Crippen LogP contribution in [0.3, 0.4) is 0 Å². The van der Waals surface area contributed by atoms with E-state index < -0.39 is 22.0 Å². The molecule has 1 aromatic carbocycles. The van der Waals surface area contributed by atoms with Gasteiger partial charge in [0.15, 0.2) is 0 Å². The van der Waals surface area contributed by atoms with Crippen LogP contribution in [0.15, 0.2) is 23.1 Å². The highest BCUT2D eigenvalue weighted by atomic mass is 35.5. The molecule has 0 saturated carbocycles. The first-order valence-electron chi connectivity index (χ1n) is 5.75. The van der Waals surface area contributed by atoms with E-state index in [1.807, 2.05) is 0 Å². The molecule has 0 spiro atoms. The number of halogens is 1. The highest BCUT2D eigenvalue weighted by Gasteiger charge is 2.31. The molecule has 1 fully saturated rings. The second kappa shape index (κ2) is 5.66. The summed E-state index contributed by atoms with van der Waals surface area (Å²) in [7, 11) is -3.87. The van der Waals surface area contributed by atoms with E-state index in [4.69, 9.17) is 27.2 Å². The molecule has 0 radical (unpaired) electrons.